The van der Waals surface area contributed by atoms with Gasteiger partial charge in [0.1, 0.15) is 0 Å². The van der Waals surface area contributed by atoms with Crippen LogP contribution < -0.4 is 10.6 Å². The number of aromatic amines is 1. The van der Waals surface area contributed by atoms with Crippen molar-refractivity contribution in [2.45, 2.75) is 19.4 Å². The molecule has 0 spiro atoms. The minimum absolute atomic E-state index is 0.798. The molecule has 0 bridgehead atoms. The van der Waals surface area contributed by atoms with Crippen molar-refractivity contribution in [3.05, 3.63) is 18.2 Å². The molecule has 0 amide bonds. The highest BCUT2D eigenvalue weighted by Crippen LogP contribution is 2.08. The van der Waals surface area contributed by atoms with Gasteiger partial charge in [0.2, 0.25) is 0 Å². The quantitative estimate of drug-likeness (QED) is 0.654. The molecule has 1 aromatic rings. The summed E-state index contributed by atoms with van der Waals surface area (Å²) in [5, 5.41) is 6.86. The van der Waals surface area contributed by atoms with Gasteiger partial charge in [-0.25, -0.2) is 4.98 Å². The normalized spacial score (nSPS) is 22.4. The third-order valence-corrected chi connectivity index (χ3v) is 2.70. The lowest BCUT2D eigenvalue weighted by molar-refractivity contribution is 0.359. The van der Waals surface area contributed by atoms with Crippen LogP contribution in [0.5, 0.6) is 0 Å². The van der Waals surface area contributed by atoms with Gasteiger partial charge in [0.25, 0.3) is 0 Å². The molecule has 4 heteroatoms. The minimum atomic E-state index is 0.798. The topological polar surface area (TPSA) is 52.7 Å². The van der Waals surface area contributed by atoms with Gasteiger partial charge in [-0.3, -0.25) is 0 Å². The average Bonchev–Trinajstić information content (AvgIpc) is 2.72. The number of nitrogens with zero attached hydrogens (tertiary/aromatic N) is 1. The summed E-state index contributed by atoms with van der Waals surface area (Å²) in [7, 11) is 0. The SMILES string of the molecule is c1ncc(CNCC2CCCNC2)[nH]1. The molecular weight excluding hydrogens is 176 g/mol. The molecule has 1 aliphatic heterocycles. The minimum Gasteiger partial charge on any atom is -0.347 e. The van der Waals surface area contributed by atoms with E-state index in [4.69, 9.17) is 0 Å². The fourth-order valence-electron chi connectivity index (χ4n) is 1.89. The molecule has 1 fully saturated rings. The number of H-pyrrole nitrogens is 1. The first-order chi connectivity index (χ1) is 6.95. The smallest absolute Gasteiger partial charge is 0.0922 e. The molecule has 2 heterocycles. The van der Waals surface area contributed by atoms with E-state index in [1.807, 2.05) is 6.20 Å². The van der Waals surface area contributed by atoms with Gasteiger partial charge >= 0.3 is 0 Å². The van der Waals surface area contributed by atoms with Gasteiger partial charge in [0, 0.05) is 18.4 Å². The number of rotatable bonds is 4. The molecule has 1 aliphatic rings. The van der Waals surface area contributed by atoms with Crippen LogP contribution in [0.15, 0.2) is 12.5 Å². The molecule has 1 atom stereocenters. The van der Waals surface area contributed by atoms with Gasteiger partial charge < -0.3 is 15.6 Å². The summed E-state index contributed by atoms with van der Waals surface area (Å²) in [6, 6.07) is 0. The lowest BCUT2D eigenvalue weighted by Gasteiger charge is -2.22. The maximum Gasteiger partial charge on any atom is 0.0922 e. The van der Waals surface area contributed by atoms with E-state index in [1.165, 1.54) is 19.4 Å². The van der Waals surface area contributed by atoms with Crippen molar-refractivity contribution in [1.29, 1.82) is 0 Å². The van der Waals surface area contributed by atoms with E-state index in [1.54, 1.807) is 6.33 Å². The Morgan fingerprint density at radius 3 is 3.29 bits per heavy atom. The van der Waals surface area contributed by atoms with Crippen molar-refractivity contribution in [3.8, 4) is 0 Å². The number of hydrogen-bond donors (Lipinski definition) is 3. The Kier molecular flexibility index (Phi) is 3.54. The van der Waals surface area contributed by atoms with E-state index >= 15 is 0 Å². The molecule has 0 aromatic carbocycles. The molecule has 1 unspecified atom stereocenters. The first kappa shape index (κ1) is 9.68. The summed E-state index contributed by atoms with van der Waals surface area (Å²) in [4.78, 5) is 7.07. The Bertz CT molecular complexity index is 239. The largest absolute Gasteiger partial charge is 0.347 e. The van der Waals surface area contributed by atoms with Gasteiger partial charge in [-0.1, -0.05) is 0 Å². The third-order valence-electron chi connectivity index (χ3n) is 2.70. The van der Waals surface area contributed by atoms with Crippen molar-refractivity contribution < 1.29 is 0 Å². The Balaban J connectivity index is 1.62. The Morgan fingerprint density at radius 1 is 1.57 bits per heavy atom. The Hall–Kier alpha value is -0.870. The highest BCUT2D eigenvalue weighted by molar-refractivity contribution is 4.93. The predicted octanol–water partition coefficient (Wildman–Crippen LogP) is 0.499. The molecule has 2 rings (SSSR count). The maximum absolute atomic E-state index is 3.98. The van der Waals surface area contributed by atoms with Crippen molar-refractivity contribution in [3.63, 3.8) is 0 Å². The van der Waals surface area contributed by atoms with E-state index in [0.29, 0.717) is 0 Å². The van der Waals surface area contributed by atoms with Crippen molar-refractivity contribution in [1.82, 2.24) is 20.6 Å². The van der Waals surface area contributed by atoms with Crippen LogP contribution >= 0.6 is 0 Å². The number of nitrogens with one attached hydrogen (secondary N) is 3. The second kappa shape index (κ2) is 5.12. The van der Waals surface area contributed by atoms with Crippen LogP contribution in [0.25, 0.3) is 0 Å². The summed E-state index contributed by atoms with van der Waals surface area (Å²) in [5.74, 6) is 0.798. The van der Waals surface area contributed by atoms with Crippen LogP contribution in [0.4, 0.5) is 0 Å². The predicted molar refractivity (Wildman–Crippen MR) is 55.9 cm³/mol. The molecule has 0 radical (unpaired) electrons. The molecule has 1 saturated heterocycles. The third kappa shape index (κ3) is 2.82. The highest BCUT2D eigenvalue weighted by atomic mass is 14.9. The first-order valence-corrected chi connectivity index (χ1v) is 5.34. The molecule has 14 heavy (non-hydrogen) atoms. The molecular formula is C10H18N4. The van der Waals surface area contributed by atoms with Gasteiger partial charge in [0.05, 0.1) is 6.33 Å². The van der Waals surface area contributed by atoms with Crippen molar-refractivity contribution in [2.75, 3.05) is 19.6 Å². The Morgan fingerprint density at radius 2 is 2.57 bits per heavy atom. The number of imidazole rings is 1. The van der Waals surface area contributed by atoms with Crippen molar-refractivity contribution >= 4 is 0 Å². The second-order valence-corrected chi connectivity index (χ2v) is 3.92. The van der Waals surface area contributed by atoms with Gasteiger partial charge in [-0.05, 0) is 38.4 Å². The van der Waals surface area contributed by atoms with Crippen molar-refractivity contribution in [2.24, 2.45) is 5.92 Å². The number of piperidine rings is 1. The van der Waals surface area contributed by atoms with E-state index in [2.05, 4.69) is 20.6 Å². The monoisotopic (exact) mass is 194 g/mol. The van der Waals surface area contributed by atoms with Crippen LogP contribution in [0.2, 0.25) is 0 Å². The van der Waals surface area contributed by atoms with Gasteiger partial charge in [-0.2, -0.15) is 0 Å². The number of aromatic nitrogens is 2. The van der Waals surface area contributed by atoms with Crippen LogP contribution in [0.1, 0.15) is 18.5 Å². The second-order valence-electron chi connectivity index (χ2n) is 3.92. The molecule has 0 saturated carbocycles. The summed E-state index contributed by atoms with van der Waals surface area (Å²) in [6.45, 7) is 4.36. The van der Waals surface area contributed by atoms with E-state index in [-0.39, 0.29) is 0 Å². The molecule has 0 aliphatic carbocycles. The summed E-state index contributed by atoms with van der Waals surface area (Å²) in [6.07, 6.45) is 6.25. The van der Waals surface area contributed by atoms with Crippen LogP contribution in [0.3, 0.4) is 0 Å². The zero-order valence-corrected chi connectivity index (χ0v) is 8.42. The zero-order valence-electron chi connectivity index (χ0n) is 8.42. The first-order valence-electron chi connectivity index (χ1n) is 5.34. The van der Waals surface area contributed by atoms with Crippen LogP contribution in [-0.4, -0.2) is 29.6 Å². The fraction of sp³-hybridized carbons (Fsp3) is 0.700. The van der Waals surface area contributed by atoms with Crippen LogP contribution in [0, 0.1) is 5.92 Å². The molecule has 1 aromatic heterocycles. The van der Waals surface area contributed by atoms with Gasteiger partial charge in [0.15, 0.2) is 0 Å². The van der Waals surface area contributed by atoms with E-state index in [0.717, 1.165) is 31.2 Å². The van der Waals surface area contributed by atoms with E-state index in [9.17, 15) is 0 Å². The summed E-state index contributed by atoms with van der Waals surface area (Å²) in [5.41, 5.74) is 1.16. The average molecular weight is 194 g/mol. The van der Waals surface area contributed by atoms with Crippen LogP contribution in [-0.2, 0) is 6.54 Å². The summed E-state index contributed by atoms with van der Waals surface area (Å²) < 4.78 is 0. The maximum atomic E-state index is 3.98. The lowest BCUT2D eigenvalue weighted by Crippen LogP contribution is -2.35. The highest BCUT2D eigenvalue weighted by Gasteiger charge is 2.11. The number of hydrogen-bond acceptors (Lipinski definition) is 3. The Labute approximate surface area is 84.5 Å². The lowest BCUT2D eigenvalue weighted by atomic mass is 10.00. The molecule has 78 valence electrons. The zero-order chi connectivity index (χ0) is 9.64. The standard InChI is InChI=1S/C10H18N4/c1-2-9(4-11-3-1)5-12-6-10-7-13-8-14-10/h7-9,11-12H,1-6H2,(H,13,14). The van der Waals surface area contributed by atoms with Gasteiger partial charge in [-0.15, -0.1) is 0 Å². The fourth-order valence-corrected chi connectivity index (χ4v) is 1.89. The molecule has 4 nitrogen and oxygen atoms in total. The molecule has 3 N–H and O–H groups in total. The summed E-state index contributed by atoms with van der Waals surface area (Å²) >= 11 is 0. The van der Waals surface area contributed by atoms with E-state index < -0.39 is 0 Å².